The minimum atomic E-state index is -0.0207. The highest BCUT2D eigenvalue weighted by Crippen LogP contribution is 2.27. The molecule has 2 N–H and O–H groups in total. The summed E-state index contributed by atoms with van der Waals surface area (Å²) in [5, 5.41) is 6.32. The third-order valence-electron chi connectivity index (χ3n) is 5.25. The molecule has 0 radical (unpaired) electrons. The number of likely N-dealkylation sites (tertiary alicyclic amines) is 1. The number of nitrogens with one attached hydrogen (secondary N) is 2. The van der Waals surface area contributed by atoms with Crippen molar-refractivity contribution in [2.75, 3.05) is 26.2 Å². The van der Waals surface area contributed by atoms with Gasteiger partial charge in [0.2, 0.25) is 0 Å². The number of nitrogens with zero attached hydrogens (tertiary/aromatic N) is 1. The van der Waals surface area contributed by atoms with Gasteiger partial charge in [-0.1, -0.05) is 37.3 Å². The van der Waals surface area contributed by atoms with Gasteiger partial charge in [-0.3, -0.25) is 0 Å². The minimum Gasteiger partial charge on any atom is -0.373 e. The van der Waals surface area contributed by atoms with E-state index in [1.807, 2.05) is 18.2 Å². The van der Waals surface area contributed by atoms with Crippen LogP contribution in [0.25, 0.3) is 0 Å². The largest absolute Gasteiger partial charge is 0.373 e. The highest BCUT2D eigenvalue weighted by molar-refractivity contribution is 5.74. The fraction of sp³-hybridized carbons (Fsp3) is 0.650. The summed E-state index contributed by atoms with van der Waals surface area (Å²) in [5.74, 6) is 0. The van der Waals surface area contributed by atoms with Crippen LogP contribution in [0, 0.1) is 0 Å². The fourth-order valence-electron chi connectivity index (χ4n) is 3.86. The first-order valence-electron chi connectivity index (χ1n) is 9.70. The molecule has 0 spiro atoms. The Morgan fingerprint density at radius 1 is 1.12 bits per heavy atom. The average molecular weight is 345 g/mol. The van der Waals surface area contributed by atoms with E-state index in [1.54, 1.807) is 0 Å². The molecule has 0 aromatic heterocycles. The molecule has 2 atom stereocenters. The Morgan fingerprint density at radius 2 is 1.84 bits per heavy atom. The number of carbonyl (C=O) groups excluding carboxylic acids is 1. The lowest BCUT2D eigenvalue weighted by atomic mass is 9.97. The van der Waals surface area contributed by atoms with Crippen molar-refractivity contribution in [3.8, 4) is 0 Å². The molecule has 2 heterocycles. The van der Waals surface area contributed by atoms with Gasteiger partial charge in [0.05, 0.1) is 6.10 Å². The molecule has 5 heteroatoms. The number of benzene rings is 1. The Labute approximate surface area is 151 Å². The maximum absolute atomic E-state index is 12.4. The molecule has 5 nitrogen and oxygen atoms in total. The molecule has 2 amide bonds. The summed E-state index contributed by atoms with van der Waals surface area (Å²) in [5.41, 5.74) is 1.19. The van der Waals surface area contributed by atoms with Crippen molar-refractivity contribution in [2.24, 2.45) is 0 Å². The summed E-state index contributed by atoms with van der Waals surface area (Å²) < 4.78 is 5.88. The molecule has 0 saturated carbocycles. The van der Waals surface area contributed by atoms with Crippen LogP contribution in [-0.4, -0.2) is 49.3 Å². The van der Waals surface area contributed by atoms with Crippen LogP contribution < -0.4 is 10.6 Å². The van der Waals surface area contributed by atoms with E-state index >= 15 is 0 Å². The van der Waals surface area contributed by atoms with Gasteiger partial charge in [-0.15, -0.1) is 0 Å². The molecule has 2 fully saturated rings. The third kappa shape index (κ3) is 5.44. The molecule has 0 aliphatic carbocycles. The van der Waals surface area contributed by atoms with Crippen molar-refractivity contribution in [3.05, 3.63) is 35.9 Å². The predicted octanol–water partition coefficient (Wildman–Crippen LogP) is 3.08. The van der Waals surface area contributed by atoms with Crippen LogP contribution in [0.5, 0.6) is 0 Å². The zero-order valence-corrected chi connectivity index (χ0v) is 15.2. The topological polar surface area (TPSA) is 53.6 Å². The van der Waals surface area contributed by atoms with Crippen LogP contribution in [0.15, 0.2) is 30.3 Å². The van der Waals surface area contributed by atoms with E-state index in [2.05, 4.69) is 34.6 Å². The Hall–Kier alpha value is -1.59. The van der Waals surface area contributed by atoms with Crippen molar-refractivity contribution in [3.63, 3.8) is 0 Å². The molecule has 2 aliphatic heterocycles. The molecular weight excluding hydrogens is 314 g/mol. The quantitative estimate of drug-likeness (QED) is 0.862. The maximum Gasteiger partial charge on any atom is 0.315 e. The number of ether oxygens (including phenoxy) is 1. The Kier molecular flexibility index (Phi) is 6.70. The van der Waals surface area contributed by atoms with Crippen molar-refractivity contribution >= 4 is 6.03 Å². The number of urea groups is 1. The first kappa shape index (κ1) is 18.2. The zero-order chi connectivity index (χ0) is 17.5. The molecule has 2 saturated heterocycles. The molecule has 138 valence electrons. The zero-order valence-electron chi connectivity index (χ0n) is 15.2. The predicted molar refractivity (Wildman–Crippen MR) is 99.6 cm³/mol. The lowest BCUT2D eigenvalue weighted by molar-refractivity contribution is 0.00217. The number of hydrogen-bond donors (Lipinski definition) is 2. The fourth-order valence-corrected chi connectivity index (χ4v) is 3.86. The van der Waals surface area contributed by atoms with Crippen LogP contribution in [0.4, 0.5) is 4.79 Å². The molecule has 2 aliphatic rings. The molecule has 3 rings (SSSR count). The average Bonchev–Trinajstić information content (AvgIpc) is 2.64. The van der Waals surface area contributed by atoms with Crippen molar-refractivity contribution in [1.29, 1.82) is 0 Å². The van der Waals surface area contributed by atoms with Crippen molar-refractivity contribution in [2.45, 2.75) is 57.2 Å². The standard InChI is InChI=1S/C20H31N3O2/c1-2-11-23-12-8-17(9-13-23)21-20(24)22-18-10-14-25-19(15-18)16-6-4-3-5-7-16/h3-7,17-19H,2,8-15H2,1H3,(H2,21,22,24)/t18-,19+/m1/s1. The normalized spacial score (nSPS) is 25.5. The van der Waals surface area contributed by atoms with Crippen molar-refractivity contribution in [1.82, 2.24) is 15.5 Å². The molecule has 0 bridgehead atoms. The number of amides is 2. The highest BCUT2D eigenvalue weighted by atomic mass is 16.5. The van der Waals surface area contributed by atoms with Gasteiger partial charge in [0.1, 0.15) is 0 Å². The number of hydrogen-bond acceptors (Lipinski definition) is 3. The molecular formula is C20H31N3O2. The number of piperidine rings is 1. The van der Waals surface area contributed by atoms with Crippen molar-refractivity contribution < 1.29 is 9.53 Å². The summed E-state index contributed by atoms with van der Waals surface area (Å²) >= 11 is 0. The van der Waals surface area contributed by atoms with Crippen LogP contribution in [0.3, 0.4) is 0 Å². The Balaban J connectivity index is 1.42. The highest BCUT2D eigenvalue weighted by Gasteiger charge is 2.26. The van der Waals surface area contributed by atoms with Crippen LogP contribution in [0.1, 0.15) is 50.7 Å². The summed E-state index contributed by atoms with van der Waals surface area (Å²) in [6.07, 6.45) is 5.10. The van der Waals surface area contributed by atoms with Gasteiger partial charge in [0.15, 0.2) is 0 Å². The van der Waals surface area contributed by atoms with Gasteiger partial charge in [-0.05, 0) is 44.2 Å². The maximum atomic E-state index is 12.4. The van der Waals surface area contributed by atoms with Crippen LogP contribution in [-0.2, 0) is 4.74 Å². The summed E-state index contributed by atoms with van der Waals surface area (Å²) in [4.78, 5) is 14.8. The monoisotopic (exact) mass is 345 g/mol. The minimum absolute atomic E-state index is 0.0207. The van der Waals surface area contributed by atoms with Crippen LogP contribution >= 0.6 is 0 Å². The van der Waals surface area contributed by atoms with Gasteiger partial charge in [0, 0.05) is 31.8 Å². The summed E-state index contributed by atoms with van der Waals surface area (Å²) in [6.45, 7) is 6.26. The van der Waals surface area contributed by atoms with Crippen LogP contribution in [0.2, 0.25) is 0 Å². The van der Waals surface area contributed by atoms with Gasteiger partial charge in [-0.2, -0.15) is 0 Å². The summed E-state index contributed by atoms with van der Waals surface area (Å²) in [7, 11) is 0. The first-order chi connectivity index (χ1) is 12.2. The van der Waals surface area contributed by atoms with E-state index in [0.717, 1.165) is 38.8 Å². The van der Waals surface area contributed by atoms with E-state index in [4.69, 9.17) is 4.74 Å². The van der Waals surface area contributed by atoms with Gasteiger partial charge in [-0.25, -0.2) is 4.79 Å². The SMILES string of the molecule is CCCN1CCC(NC(=O)N[C@@H]2CCO[C@H](c3ccccc3)C2)CC1. The number of carbonyl (C=O) groups is 1. The lowest BCUT2D eigenvalue weighted by Crippen LogP contribution is -2.51. The van der Waals surface area contributed by atoms with E-state index in [9.17, 15) is 4.79 Å². The third-order valence-corrected chi connectivity index (χ3v) is 5.25. The smallest absolute Gasteiger partial charge is 0.315 e. The van der Waals surface area contributed by atoms with E-state index in [-0.39, 0.29) is 18.2 Å². The van der Waals surface area contributed by atoms with E-state index in [0.29, 0.717) is 12.6 Å². The molecule has 25 heavy (non-hydrogen) atoms. The van der Waals surface area contributed by atoms with Gasteiger partial charge < -0.3 is 20.3 Å². The molecule has 1 aromatic rings. The first-order valence-corrected chi connectivity index (χ1v) is 9.70. The van der Waals surface area contributed by atoms with Gasteiger partial charge >= 0.3 is 6.03 Å². The summed E-state index contributed by atoms with van der Waals surface area (Å²) in [6, 6.07) is 10.7. The molecule has 1 aromatic carbocycles. The van der Waals surface area contributed by atoms with E-state index < -0.39 is 0 Å². The van der Waals surface area contributed by atoms with Gasteiger partial charge in [0.25, 0.3) is 0 Å². The second-order valence-electron chi connectivity index (χ2n) is 7.23. The Morgan fingerprint density at radius 3 is 2.56 bits per heavy atom. The Bertz CT molecular complexity index is 529. The second-order valence-corrected chi connectivity index (χ2v) is 7.23. The second kappa shape index (κ2) is 9.20. The van der Waals surface area contributed by atoms with E-state index in [1.165, 1.54) is 18.5 Å². The molecule has 0 unspecified atom stereocenters. The lowest BCUT2D eigenvalue weighted by Gasteiger charge is -2.33. The number of rotatable bonds is 5.